The fraction of sp³-hybridized carbons (Fsp3) is 1.00. The molecule has 2 nitrogen and oxygen atoms in total. The minimum Gasteiger partial charge on any atom is -0.370 e. The zero-order valence-corrected chi connectivity index (χ0v) is 14.0. The molecule has 0 aromatic carbocycles. The first kappa shape index (κ1) is 16.3. The van der Waals surface area contributed by atoms with Crippen LogP contribution in [0.5, 0.6) is 0 Å². The predicted molar refractivity (Wildman–Crippen MR) is 85.6 cm³/mol. The van der Waals surface area contributed by atoms with Crippen molar-refractivity contribution in [3.63, 3.8) is 0 Å². The van der Waals surface area contributed by atoms with Gasteiger partial charge >= 0.3 is 0 Å². The minimum atomic E-state index is -0.0125. The Balaban J connectivity index is 2.03. The van der Waals surface area contributed by atoms with Crippen LogP contribution in [-0.4, -0.2) is 18.2 Å². The van der Waals surface area contributed by atoms with Gasteiger partial charge in [-0.25, -0.2) is 0 Å². The van der Waals surface area contributed by atoms with Gasteiger partial charge in [0.05, 0.1) is 11.7 Å². The fourth-order valence-corrected chi connectivity index (χ4v) is 4.23. The lowest BCUT2D eigenvalue weighted by Gasteiger charge is -2.46. The van der Waals surface area contributed by atoms with Crippen LogP contribution < -0.4 is 5.73 Å². The van der Waals surface area contributed by atoms with Gasteiger partial charge in [-0.15, -0.1) is 0 Å². The van der Waals surface area contributed by atoms with Crippen molar-refractivity contribution in [3.8, 4) is 0 Å². The SMILES string of the molecule is CC1CCC(CN)(OC2CC(C)CCC2C(C)C)CC1. The van der Waals surface area contributed by atoms with E-state index in [4.69, 9.17) is 10.5 Å². The Hall–Kier alpha value is -0.0800. The van der Waals surface area contributed by atoms with E-state index in [1.165, 1.54) is 44.9 Å². The van der Waals surface area contributed by atoms with Gasteiger partial charge < -0.3 is 10.5 Å². The second kappa shape index (κ2) is 6.79. The highest BCUT2D eigenvalue weighted by molar-refractivity contribution is 4.91. The summed E-state index contributed by atoms with van der Waals surface area (Å²) in [5, 5.41) is 0. The maximum absolute atomic E-state index is 6.74. The molecule has 2 aliphatic carbocycles. The van der Waals surface area contributed by atoms with Crippen molar-refractivity contribution in [2.24, 2.45) is 29.4 Å². The van der Waals surface area contributed by atoms with Gasteiger partial charge in [0, 0.05) is 6.54 Å². The maximum atomic E-state index is 6.74. The summed E-state index contributed by atoms with van der Waals surface area (Å²) in [6.45, 7) is 10.2. The molecule has 0 heterocycles. The van der Waals surface area contributed by atoms with Gasteiger partial charge in [-0.3, -0.25) is 0 Å². The van der Waals surface area contributed by atoms with Gasteiger partial charge in [-0.2, -0.15) is 0 Å². The summed E-state index contributed by atoms with van der Waals surface area (Å²) in [6.07, 6.45) is 9.28. The molecule has 0 bridgehead atoms. The van der Waals surface area contributed by atoms with E-state index in [1.54, 1.807) is 0 Å². The van der Waals surface area contributed by atoms with Gasteiger partial charge in [-0.1, -0.05) is 34.1 Å². The molecule has 0 aromatic heterocycles. The fourth-order valence-electron chi connectivity index (χ4n) is 4.23. The van der Waals surface area contributed by atoms with Crippen LogP contribution in [0.2, 0.25) is 0 Å². The third-order valence-electron chi connectivity index (χ3n) is 5.92. The molecular formula is C18H35NO. The molecule has 2 heteroatoms. The highest BCUT2D eigenvalue weighted by atomic mass is 16.5. The Morgan fingerprint density at radius 1 is 1.05 bits per heavy atom. The van der Waals surface area contributed by atoms with E-state index in [0.29, 0.717) is 12.6 Å². The van der Waals surface area contributed by atoms with Crippen LogP contribution in [0.25, 0.3) is 0 Å². The van der Waals surface area contributed by atoms with Gasteiger partial charge in [0.25, 0.3) is 0 Å². The number of hydrogen-bond acceptors (Lipinski definition) is 2. The van der Waals surface area contributed by atoms with E-state index < -0.39 is 0 Å². The van der Waals surface area contributed by atoms with E-state index in [1.807, 2.05) is 0 Å². The normalized spacial score (nSPS) is 42.9. The van der Waals surface area contributed by atoms with E-state index >= 15 is 0 Å². The molecule has 2 aliphatic rings. The molecule has 0 saturated heterocycles. The van der Waals surface area contributed by atoms with Crippen molar-refractivity contribution in [2.75, 3.05) is 6.54 Å². The standard InChI is InChI=1S/C18H35NO/c1-13(2)16-6-5-15(4)11-17(16)20-18(12-19)9-7-14(3)8-10-18/h13-17H,5-12,19H2,1-4H3. The molecule has 0 amide bonds. The molecule has 0 radical (unpaired) electrons. The Morgan fingerprint density at radius 2 is 1.70 bits per heavy atom. The van der Waals surface area contributed by atoms with Crippen molar-refractivity contribution in [2.45, 2.75) is 84.3 Å². The molecule has 0 aromatic rings. The Labute approximate surface area is 125 Å². The summed E-state index contributed by atoms with van der Waals surface area (Å²) in [6, 6.07) is 0. The van der Waals surface area contributed by atoms with E-state index in [-0.39, 0.29) is 5.60 Å². The molecule has 2 rings (SSSR count). The summed E-state index contributed by atoms with van der Waals surface area (Å²) in [5.74, 6) is 3.12. The summed E-state index contributed by atoms with van der Waals surface area (Å²) in [7, 11) is 0. The molecule has 0 spiro atoms. The molecule has 20 heavy (non-hydrogen) atoms. The molecule has 118 valence electrons. The van der Waals surface area contributed by atoms with E-state index in [0.717, 1.165) is 23.7 Å². The molecule has 3 atom stereocenters. The quantitative estimate of drug-likeness (QED) is 0.830. The third kappa shape index (κ3) is 3.76. The lowest BCUT2D eigenvalue weighted by molar-refractivity contribution is -0.152. The monoisotopic (exact) mass is 281 g/mol. The topological polar surface area (TPSA) is 35.2 Å². The molecule has 2 saturated carbocycles. The highest BCUT2D eigenvalue weighted by Crippen LogP contribution is 2.41. The van der Waals surface area contributed by atoms with Crippen molar-refractivity contribution in [1.82, 2.24) is 0 Å². The zero-order valence-electron chi connectivity index (χ0n) is 14.0. The second-order valence-electron chi connectivity index (χ2n) is 8.05. The smallest absolute Gasteiger partial charge is 0.0808 e. The largest absolute Gasteiger partial charge is 0.370 e. The lowest BCUT2D eigenvalue weighted by atomic mass is 9.74. The van der Waals surface area contributed by atoms with Gasteiger partial charge in [0.2, 0.25) is 0 Å². The van der Waals surface area contributed by atoms with E-state index in [9.17, 15) is 0 Å². The molecule has 3 unspecified atom stereocenters. The number of ether oxygens (including phenoxy) is 1. The highest BCUT2D eigenvalue weighted by Gasteiger charge is 2.40. The van der Waals surface area contributed by atoms with Crippen LogP contribution in [0, 0.1) is 23.7 Å². The van der Waals surface area contributed by atoms with Crippen LogP contribution in [0.1, 0.15) is 72.6 Å². The van der Waals surface area contributed by atoms with Crippen molar-refractivity contribution in [3.05, 3.63) is 0 Å². The minimum absolute atomic E-state index is 0.0125. The second-order valence-corrected chi connectivity index (χ2v) is 8.05. The summed E-state index contributed by atoms with van der Waals surface area (Å²) >= 11 is 0. The van der Waals surface area contributed by atoms with Gasteiger partial charge in [0.15, 0.2) is 0 Å². The molecule has 2 fully saturated rings. The first-order valence-corrected chi connectivity index (χ1v) is 8.83. The predicted octanol–water partition coefficient (Wildman–Crippen LogP) is 4.37. The Morgan fingerprint density at radius 3 is 2.25 bits per heavy atom. The number of hydrogen-bond donors (Lipinski definition) is 1. The first-order valence-electron chi connectivity index (χ1n) is 8.83. The van der Waals surface area contributed by atoms with Gasteiger partial charge in [-0.05, 0) is 62.2 Å². The zero-order chi connectivity index (χ0) is 14.8. The maximum Gasteiger partial charge on any atom is 0.0808 e. The van der Waals surface area contributed by atoms with Crippen molar-refractivity contribution >= 4 is 0 Å². The van der Waals surface area contributed by atoms with Crippen molar-refractivity contribution in [1.29, 1.82) is 0 Å². The average Bonchev–Trinajstić information content (AvgIpc) is 2.41. The summed E-state index contributed by atoms with van der Waals surface area (Å²) in [5.41, 5.74) is 6.12. The Bertz CT molecular complexity index is 294. The van der Waals surface area contributed by atoms with Crippen LogP contribution in [0.4, 0.5) is 0 Å². The first-order chi connectivity index (χ1) is 9.46. The van der Waals surface area contributed by atoms with Crippen LogP contribution in [-0.2, 0) is 4.74 Å². The van der Waals surface area contributed by atoms with Crippen LogP contribution in [0.3, 0.4) is 0 Å². The average molecular weight is 281 g/mol. The van der Waals surface area contributed by atoms with Crippen LogP contribution in [0.15, 0.2) is 0 Å². The van der Waals surface area contributed by atoms with E-state index in [2.05, 4.69) is 27.7 Å². The molecule has 2 N–H and O–H groups in total. The van der Waals surface area contributed by atoms with Crippen molar-refractivity contribution < 1.29 is 4.74 Å². The van der Waals surface area contributed by atoms with Gasteiger partial charge in [0.1, 0.15) is 0 Å². The summed E-state index contributed by atoms with van der Waals surface area (Å²) in [4.78, 5) is 0. The lowest BCUT2D eigenvalue weighted by Crippen LogP contribution is -2.49. The Kier molecular flexibility index (Phi) is 5.53. The third-order valence-corrected chi connectivity index (χ3v) is 5.92. The summed E-state index contributed by atoms with van der Waals surface area (Å²) < 4.78 is 6.74. The molecule has 0 aliphatic heterocycles. The number of rotatable bonds is 4. The van der Waals surface area contributed by atoms with Crippen LogP contribution >= 0.6 is 0 Å². The molecular weight excluding hydrogens is 246 g/mol. The number of nitrogens with two attached hydrogens (primary N) is 1.